The fourth-order valence-electron chi connectivity index (χ4n) is 0.850. The molecule has 0 aliphatic carbocycles. The topological polar surface area (TPSA) is 66.5 Å². The summed E-state index contributed by atoms with van der Waals surface area (Å²) in [5.41, 5.74) is 0. The molecule has 0 radical (unpaired) electrons. The lowest BCUT2D eigenvalue weighted by Gasteiger charge is -2.16. The van der Waals surface area contributed by atoms with E-state index in [2.05, 4.69) is 5.32 Å². The van der Waals surface area contributed by atoms with E-state index in [0.29, 0.717) is 13.0 Å². The Bertz CT molecular complexity index is 274. The predicted molar refractivity (Wildman–Crippen MR) is 55.9 cm³/mol. The monoisotopic (exact) mass is 222 g/mol. The van der Waals surface area contributed by atoms with E-state index >= 15 is 0 Å². The average Bonchev–Trinajstić information content (AvgIpc) is 2.09. The summed E-state index contributed by atoms with van der Waals surface area (Å²) in [6.45, 7) is 0.878. The second kappa shape index (κ2) is 5.98. The van der Waals surface area contributed by atoms with Gasteiger partial charge in [0.15, 0.2) is 0 Å². The fraction of sp³-hybridized carbons (Fsp3) is 0.875. The van der Waals surface area contributed by atoms with Crippen molar-refractivity contribution in [2.45, 2.75) is 6.42 Å². The lowest BCUT2D eigenvalue weighted by molar-refractivity contribution is -0.129. The van der Waals surface area contributed by atoms with Crippen molar-refractivity contribution in [1.29, 1.82) is 0 Å². The minimum atomic E-state index is -2.98. The maximum atomic E-state index is 11.3. The molecule has 0 saturated carbocycles. The highest BCUT2D eigenvalue weighted by Crippen LogP contribution is 1.92. The van der Waals surface area contributed by atoms with E-state index < -0.39 is 9.84 Å². The first-order chi connectivity index (χ1) is 6.37. The van der Waals surface area contributed by atoms with Crippen LogP contribution in [0.1, 0.15) is 6.42 Å². The maximum Gasteiger partial charge on any atom is 0.223 e. The molecule has 1 N–H and O–H groups in total. The number of nitrogens with zero attached hydrogens (tertiary/aromatic N) is 1. The van der Waals surface area contributed by atoms with Gasteiger partial charge >= 0.3 is 0 Å². The van der Waals surface area contributed by atoms with Gasteiger partial charge in [-0.15, -0.1) is 0 Å². The Kier molecular flexibility index (Phi) is 5.71. The molecule has 14 heavy (non-hydrogen) atoms. The summed E-state index contributed by atoms with van der Waals surface area (Å²) in [5.74, 6) is -0.0163. The Morgan fingerprint density at radius 1 is 1.43 bits per heavy atom. The predicted octanol–water partition coefficient (Wildman–Crippen LogP) is -0.901. The minimum Gasteiger partial charge on any atom is -0.345 e. The molecule has 0 fully saturated rings. The van der Waals surface area contributed by atoms with Crippen LogP contribution in [0.4, 0.5) is 0 Å². The summed E-state index contributed by atoms with van der Waals surface area (Å²) in [6, 6.07) is 0. The average molecular weight is 222 g/mol. The van der Waals surface area contributed by atoms with E-state index in [1.807, 2.05) is 0 Å². The van der Waals surface area contributed by atoms with Crippen molar-refractivity contribution in [1.82, 2.24) is 10.2 Å². The summed E-state index contributed by atoms with van der Waals surface area (Å²) in [4.78, 5) is 12.8. The third-order valence-corrected chi connectivity index (χ3v) is 2.74. The molecule has 6 heteroatoms. The highest BCUT2D eigenvalue weighted by atomic mass is 32.2. The number of carbonyl (C=O) groups is 1. The van der Waals surface area contributed by atoms with Crippen LogP contribution in [0.5, 0.6) is 0 Å². The summed E-state index contributed by atoms with van der Waals surface area (Å²) in [5, 5.41) is 2.86. The highest BCUT2D eigenvalue weighted by molar-refractivity contribution is 7.90. The summed E-state index contributed by atoms with van der Waals surface area (Å²) < 4.78 is 21.6. The molecule has 84 valence electrons. The van der Waals surface area contributed by atoms with Crippen molar-refractivity contribution >= 4 is 15.7 Å². The molecule has 0 spiro atoms. The van der Waals surface area contributed by atoms with E-state index in [1.54, 1.807) is 14.1 Å². The largest absolute Gasteiger partial charge is 0.345 e. The van der Waals surface area contributed by atoms with Gasteiger partial charge in [-0.3, -0.25) is 4.79 Å². The van der Waals surface area contributed by atoms with Crippen molar-refractivity contribution in [2.75, 3.05) is 39.2 Å². The van der Waals surface area contributed by atoms with Gasteiger partial charge in [0.2, 0.25) is 5.91 Å². The Morgan fingerprint density at radius 3 is 2.43 bits per heavy atom. The van der Waals surface area contributed by atoms with Crippen LogP contribution >= 0.6 is 0 Å². The molecule has 0 saturated heterocycles. The number of hydrogen-bond donors (Lipinski definition) is 1. The van der Waals surface area contributed by atoms with E-state index in [4.69, 9.17) is 0 Å². The number of hydrogen-bond acceptors (Lipinski definition) is 4. The van der Waals surface area contributed by atoms with Crippen LogP contribution in [0.2, 0.25) is 0 Å². The lowest BCUT2D eigenvalue weighted by Crippen LogP contribution is -2.32. The molecule has 5 nitrogen and oxygen atoms in total. The number of sulfone groups is 1. The Morgan fingerprint density at radius 2 is 2.00 bits per heavy atom. The highest BCUT2D eigenvalue weighted by Gasteiger charge is 2.10. The Balaban J connectivity index is 3.84. The molecule has 0 aromatic rings. The smallest absolute Gasteiger partial charge is 0.223 e. The zero-order valence-corrected chi connectivity index (χ0v) is 9.73. The first-order valence-corrected chi connectivity index (χ1v) is 6.49. The third kappa shape index (κ3) is 6.85. The van der Waals surface area contributed by atoms with Crippen molar-refractivity contribution < 1.29 is 13.2 Å². The van der Waals surface area contributed by atoms with Gasteiger partial charge in [0, 0.05) is 32.8 Å². The number of rotatable bonds is 6. The second-order valence-electron chi connectivity index (χ2n) is 3.30. The summed E-state index contributed by atoms with van der Waals surface area (Å²) >= 11 is 0. The fourth-order valence-corrected chi connectivity index (χ4v) is 1.46. The standard InChI is InChI=1S/C8H18N2O3S/c1-9-5-4-8(11)10(2)6-7-14(3,12)13/h9H,4-7H2,1-3H3. The van der Waals surface area contributed by atoms with E-state index in [0.717, 1.165) is 0 Å². The van der Waals surface area contributed by atoms with Crippen LogP contribution in [-0.4, -0.2) is 58.4 Å². The van der Waals surface area contributed by atoms with E-state index in [1.165, 1.54) is 11.2 Å². The second-order valence-corrected chi connectivity index (χ2v) is 5.56. The van der Waals surface area contributed by atoms with Gasteiger partial charge in [-0.25, -0.2) is 8.42 Å². The van der Waals surface area contributed by atoms with E-state index in [-0.39, 0.29) is 18.2 Å². The van der Waals surface area contributed by atoms with Crippen LogP contribution in [0, 0.1) is 0 Å². The van der Waals surface area contributed by atoms with Crippen molar-refractivity contribution in [3.8, 4) is 0 Å². The first-order valence-electron chi connectivity index (χ1n) is 4.43. The number of nitrogens with one attached hydrogen (secondary N) is 1. The van der Waals surface area contributed by atoms with Crippen LogP contribution in [0.25, 0.3) is 0 Å². The molecule has 0 unspecified atom stereocenters. The van der Waals surface area contributed by atoms with E-state index in [9.17, 15) is 13.2 Å². The van der Waals surface area contributed by atoms with Gasteiger partial charge in [-0.2, -0.15) is 0 Å². The van der Waals surface area contributed by atoms with Crippen LogP contribution in [-0.2, 0) is 14.6 Å². The SMILES string of the molecule is CNCCC(=O)N(C)CCS(C)(=O)=O. The molecular formula is C8H18N2O3S. The lowest BCUT2D eigenvalue weighted by atomic mass is 10.4. The molecule has 0 aromatic heterocycles. The number of carbonyl (C=O) groups excluding carboxylic acids is 1. The summed E-state index contributed by atoms with van der Waals surface area (Å²) in [6.07, 6.45) is 1.57. The van der Waals surface area contributed by atoms with Gasteiger partial charge in [-0.1, -0.05) is 0 Å². The van der Waals surface area contributed by atoms with Crippen LogP contribution in [0.15, 0.2) is 0 Å². The molecular weight excluding hydrogens is 204 g/mol. The van der Waals surface area contributed by atoms with Crippen molar-refractivity contribution in [3.63, 3.8) is 0 Å². The first kappa shape index (κ1) is 13.4. The van der Waals surface area contributed by atoms with Crippen LogP contribution in [0.3, 0.4) is 0 Å². The maximum absolute atomic E-state index is 11.3. The van der Waals surface area contributed by atoms with Gasteiger partial charge in [0.05, 0.1) is 5.75 Å². The Labute approximate surface area is 85.4 Å². The van der Waals surface area contributed by atoms with Gasteiger partial charge in [0.25, 0.3) is 0 Å². The minimum absolute atomic E-state index is 0.0226. The van der Waals surface area contributed by atoms with Gasteiger partial charge in [-0.05, 0) is 7.05 Å². The van der Waals surface area contributed by atoms with Crippen molar-refractivity contribution in [2.24, 2.45) is 0 Å². The molecule has 1 amide bonds. The molecule has 0 aliphatic rings. The normalized spacial score (nSPS) is 11.4. The zero-order valence-electron chi connectivity index (χ0n) is 8.91. The molecule has 0 rings (SSSR count). The van der Waals surface area contributed by atoms with Gasteiger partial charge < -0.3 is 10.2 Å². The molecule has 0 heterocycles. The molecule has 0 aliphatic heterocycles. The molecule has 0 aromatic carbocycles. The molecule has 0 atom stereocenters. The van der Waals surface area contributed by atoms with Crippen molar-refractivity contribution in [3.05, 3.63) is 0 Å². The summed E-state index contributed by atoms with van der Waals surface area (Å²) in [7, 11) is 0.399. The Hall–Kier alpha value is -0.620. The third-order valence-electron chi connectivity index (χ3n) is 1.81. The molecule has 0 bridgehead atoms. The number of amides is 1. The van der Waals surface area contributed by atoms with Gasteiger partial charge in [0.1, 0.15) is 9.84 Å². The quantitative estimate of drug-likeness (QED) is 0.632. The zero-order chi connectivity index (χ0) is 11.2. The van der Waals surface area contributed by atoms with Crippen LogP contribution < -0.4 is 5.32 Å².